The summed E-state index contributed by atoms with van der Waals surface area (Å²) in [6, 6.07) is 3.13. The van der Waals surface area contributed by atoms with E-state index in [2.05, 4.69) is 5.32 Å². The fourth-order valence-corrected chi connectivity index (χ4v) is 1.37. The van der Waals surface area contributed by atoms with Crippen LogP contribution in [0.25, 0.3) is 0 Å². The first kappa shape index (κ1) is 13.9. The first-order chi connectivity index (χ1) is 8.17. The van der Waals surface area contributed by atoms with E-state index in [1.54, 1.807) is 0 Å². The quantitative estimate of drug-likeness (QED) is 0.796. The van der Waals surface area contributed by atoms with Crippen molar-refractivity contribution in [1.82, 2.24) is 5.32 Å². The van der Waals surface area contributed by atoms with E-state index in [4.69, 9.17) is 9.47 Å². The third-order valence-corrected chi connectivity index (χ3v) is 2.16. The molecule has 0 spiro atoms. The lowest BCUT2D eigenvalue weighted by Crippen LogP contribution is -2.35. The first-order valence-electron chi connectivity index (χ1n) is 5.48. The number of hydrogen-bond donors (Lipinski definition) is 1. The van der Waals surface area contributed by atoms with Crippen LogP contribution in [0.15, 0.2) is 18.2 Å². The van der Waals surface area contributed by atoms with E-state index in [1.165, 1.54) is 7.11 Å². The number of likely N-dealkylation sites (N-methyl/N-ethyl adjacent to an activating group) is 1. The van der Waals surface area contributed by atoms with Gasteiger partial charge < -0.3 is 14.8 Å². The second-order valence-corrected chi connectivity index (χ2v) is 3.58. The SMILES string of the molecule is CCNCC(COC)Oc1cc(F)ccc1F. The normalized spacial score (nSPS) is 12.5. The van der Waals surface area contributed by atoms with Crippen LogP contribution < -0.4 is 10.1 Å². The Balaban J connectivity index is 2.67. The van der Waals surface area contributed by atoms with Crippen molar-refractivity contribution in [3.63, 3.8) is 0 Å². The molecule has 1 aromatic rings. The molecule has 0 heterocycles. The number of halogens is 2. The van der Waals surface area contributed by atoms with Gasteiger partial charge in [0, 0.05) is 19.7 Å². The molecular formula is C12H17F2NO2. The van der Waals surface area contributed by atoms with Gasteiger partial charge in [-0.15, -0.1) is 0 Å². The molecule has 0 saturated carbocycles. The molecule has 0 fully saturated rings. The molecule has 0 aliphatic carbocycles. The Morgan fingerprint density at radius 2 is 2.12 bits per heavy atom. The van der Waals surface area contributed by atoms with Crippen molar-refractivity contribution >= 4 is 0 Å². The van der Waals surface area contributed by atoms with Gasteiger partial charge in [0.2, 0.25) is 0 Å². The highest BCUT2D eigenvalue weighted by molar-refractivity contribution is 5.25. The highest BCUT2D eigenvalue weighted by Crippen LogP contribution is 2.19. The van der Waals surface area contributed by atoms with E-state index in [9.17, 15) is 8.78 Å². The molecular weight excluding hydrogens is 228 g/mol. The molecule has 0 aromatic heterocycles. The summed E-state index contributed by atoms with van der Waals surface area (Å²) in [5, 5.41) is 3.07. The summed E-state index contributed by atoms with van der Waals surface area (Å²) in [4.78, 5) is 0. The number of rotatable bonds is 7. The van der Waals surface area contributed by atoms with Crippen LogP contribution in [0.5, 0.6) is 5.75 Å². The topological polar surface area (TPSA) is 30.5 Å². The maximum atomic E-state index is 13.3. The molecule has 1 aromatic carbocycles. The smallest absolute Gasteiger partial charge is 0.165 e. The van der Waals surface area contributed by atoms with Gasteiger partial charge in [-0.25, -0.2) is 8.78 Å². The van der Waals surface area contributed by atoms with Gasteiger partial charge in [-0.2, -0.15) is 0 Å². The van der Waals surface area contributed by atoms with Crippen molar-refractivity contribution in [2.45, 2.75) is 13.0 Å². The third kappa shape index (κ3) is 4.66. The zero-order valence-corrected chi connectivity index (χ0v) is 10.0. The van der Waals surface area contributed by atoms with Crippen LogP contribution in [0.2, 0.25) is 0 Å². The maximum Gasteiger partial charge on any atom is 0.165 e. The number of ether oxygens (including phenoxy) is 2. The number of methoxy groups -OCH3 is 1. The first-order valence-corrected chi connectivity index (χ1v) is 5.48. The fraction of sp³-hybridized carbons (Fsp3) is 0.500. The Labute approximate surface area is 99.7 Å². The second kappa shape index (κ2) is 7.19. The van der Waals surface area contributed by atoms with E-state index in [1.807, 2.05) is 6.92 Å². The highest BCUT2D eigenvalue weighted by Gasteiger charge is 2.13. The van der Waals surface area contributed by atoms with Crippen LogP contribution in [-0.4, -0.2) is 32.9 Å². The molecule has 17 heavy (non-hydrogen) atoms. The van der Waals surface area contributed by atoms with Gasteiger partial charge >= 0.3 is 0 Å². The predicted molar refractivity (Wildman–Crippen MR) is 61.2 cm³/mol. The summed E-state index contributed by atoms with van der Waals surface area (Å²) in [5.41, 5.74) is 0. The lowest BCUT2D eigenvalue weighted by atomic mass is 10.3. The average Bonchev–Trinajstić information content (AvgIpc) is 2.31. The molecule has 96 valence electrons. The summed E-state index contributed by atoms with van der Waals surface area (Å²) in [5.74, 6) is -1.20. The number of nitrogens with one attached hydrogen (secondary N) is 1. The van der Waals surface area contributed by atoms with E-state index in [-0.39, 0.29) is 11.9 Å². The molecule has 1 atom stereocenters. The van der Waals surface area contributed by atoms with Gasteiger partial charge in [-0.05, 0) is 18.7 Å². The van der Waals surface area contributed by atoms with Crippen LogP contribution >= 0.6 is 0 Å². The maximum absolute atomic E-state index is 13.3. The molecule has 0 radical (unpaired) electrons. The van der Waals surface area contributed by atoms with Gasteiger partial charge in [0.25, 0.3) is 0 Å². The van der Waals surface area contributed by atoms with Crippen molar-refractivity contribution in [1.29, 1.82) is 0 Å². The van der Waals surface area contributed by atoms with Gasteiger partial charge in [0.1, 0.15) is 11.9 Å². The van der Waals surface area contributed by atoms with Gasteiger partial charge in [-0.1, -0.05) is 6.92 Å². The molecule has 0 bridgehead atoms. The predicted octanol–water partition coefficient (Wildman–Crippen LogP) is 1.97. The molecule has 1 N–H and O–H groups in total. The van der Waals surface area contributed by atoms with Gasteiger partial charge in [-0.3, -0.25) is 0 Å². The molecule has 1 rings (SSSR count). The molecule has 5 heteroatoms. The second-order valence-electron chi connectivity index (χ2n) is 3.58. The monoisotopic (exact) mass is 245 g/mol. The van der Waals surface area contributed by atoms with Crippen LogP contribution in [0.4, 0.5) is 8.78 Å². The Morgan fingerprint density at radius 3 is 2.76 bits per heavy atom. The number of hydrogen-bond acceptors (Lipinski definition) is 3. The minimum Gasteiger partial charge on any atom is -0.484 e. The van der Waals surface area contributed by atoms with Crippen molar-refractivity contribution in [2.75, 3.05) is 26.8 Å². The van der Waals surface area contributed by atoms with E-state index in [0.29, 0.717) is 13.2 Å². The largest absolute Gasteiger partial charge is 0.484 e. The third-order valence-electron chi connectivity index (χ3n) is 2.16. The van der Waals surface area contributed by atoms with Crippen LogP contribution in [0.1, 0.15) is 6.92 Å². The fourth-order valence-electron chi connectivity index (χ4n) is 1.37. The minimum atomic E-state index is -0.580. The highest BCUT2D eigenvalue weighted by atomic mass is 19.1. The molecule has 0 saturated heterocycles. The van der Waals surface area contributed by atoms with Crippen molar-refractivity contribution in [3.05, 3.63) is 29.8 Å². The summed E-state index contributed by atoms with van der Waals surface area (Å²) in [6.45, 7) is 3.55. The lowest BCUT2D eigenvalue weighted by Gasteiger charge is -2.19. The van der Waals surface area contributed by atoms with Crippen LogP contribution in [0.3, 0.4) is 0 Å². The van der Waals surface area contributed by atoms with Gasteiger partial charge in [0.15, 0.2) is 11.6 Å². The van der Waals surface area contributed by atoms with Crippen molar-refractivity contribution in [2.24, 2.45) is 0 Å². The summed E-state index contributed by atoms with van der Waals surface area (Å²) in [6.07, 6.45) is -0.351. The Hall–Kier alpha value is -1.20. The van der Waals surface area contributed by atoms with Crippen molar-refractivity contribution in [3.8, 4) is 5.75 Å². The van der Waals surface area contributed by atoms with Gasteiger partial charge in [0.05, 0.1) is 6.61 Å². The lowest BCUT2D eigenvalue weighted by molar-refractivity contribution is 0.0780. The zero-order chi connectivity index (χ0) is 12.7. The average molecular weight is 245 g/mol. The van der Waals surface area contributed by atoms with Crippen molar-refractivity contribution < 1.29 is 18.3 Å². The molecule has 0 aliphatic heterocycles. The zero-order valence-electron chi connectivity index (χ0n) is 10.0. The minimum absolute atomic E-state index is 0.0926. The summed E-state index contributed by atoms with van der Waals surface area (Å²) < 4.78 is 36.6. The Kier molecular flexibility index (Phi) is 5.86. The summed E-state index contributed by atoms with van der Waals surface area (Å²) in [7, 11) is 1.53. The number of benzene rings is 1. The summed E-state index contributed by atoms with van der Waals surface area (Å²) >= 11 is 0. The van der Waals surface area contributed by atoms with Crippen LogP contribution in [-0.2, 0) is 4.74 Å². The van der Waals surface area contributed by atoms with Crippen LogP contribution in [0, 0.1) is 11.6 Å². The van der Waals surface area contributed by atoms with E-state index < -0.39 is 11.6 Å². The Bertz CT molecular complexity index is 347. The molecule has 0 aliphatic rings. The Morgan fingerprint density at radius 1 is 1.35 bits per heavy atom. The molecule has 1 unspecified atom stereocenters. The van der Waals surface area contributed by atoms with E-state index >= 15 is 0 Å². The standard InChI is InChI=1S/C12H17F2NO2/c1-3-15-7-10(8-16-2)17-12-6-9(13)4-5-11(12)14/h4-6,10,15H,3,7-8H2,1-2H3. The van der Waals surface area contributed by atoms with E-state index in [0.717, 1.165) is 24.7 Å². The molecule has 3 nitrogen and oxygen atoms in total. The molecule has 0 amide bonds.